The van der Waals surface area contributed by atoms with Crippen LogP contribution in [-0.2, 0) is 4.74 Å². The van der Waals surface area contributed by atoms with Crippen molar-refractivity contribution in [2.24, 2.45) is 22.7 Å². The van der Waals surface area contributed by atoms with Crippen molar-refractivity contribution in [3.8, 4) is 0 Å². The zero-order chi connectivity index (χ0) is 13.9. The highest BCUT2D eigenvalue weighted by Gasteiger charge is 2.18. The Bertz CT molecular complexity index is 258. The molecule has 1 aliphatic rings. The smallest absolute Gasteiger partial charge is 0.205 e. The normalized spacial score (nSPS) is 24.3. The molecule has 0 aromatic carbocycles. The van der Waals surface area contributed by atoms with Gasteiger partial charge in [0.15, 0.2) is 0 Å². The van der Waals surface area contributed by atoms with Gasteiger partial charge >= 0.3 is 0 Å². The first-order chi connectivity index (χ1) is 9.26. The summed E-state index contributed by atoms with van der Waals surface area (Å²) in [4.78, 5) is 4.37. The molecule has 1 saturated carbocycles. The Kier molecular flexibility index (Phi) is 8.58. The zero-order valence-corrected chi connectivity index (χ0v) is 12.5. The maximum Gasteiger partial charge on any atom is 0.205 e. The molecule has 5 heteroatoms. The highest BCUT2D eigenvalue weighted by atomic mass is 16.5. The summed E-state index contributed by atoms with van der Waals surface area (Å²) in [6.45, 7) is 4.79. The summed E-state index contributed by atoms with van der Waals surface area (Å²) >= 11 is 0. The van der Waals surface area contributed by atoms with Crippen molar-refractivity contribution >= 4 is 5.96 Å². The average molecular weight is 270 g/mol. The highest BCUT2D eigenvalue weighted by Crippen LogP contribution is 2.30. The van der Waals surface area contributed by atoms with Gasteiger partial charge in [-0.3, -0.25) is 10.4 Å². The average Bonchev–Trinajstić information content (AvgIpc) is 2.41. The van der Waals surface area contributed by atoms with Gasteiger partial charge in [0, 0.05) is 26.8 Å². The summed E-state index contributed by atoms with van der Waals surface area (Å²) in [6.07, 6.45) is 7.67. The lowest BCUT2D eigenvalue weighted by molar-refractivity contribution is 0.197. The molecule has 1 fully saturated rings. The molecular weight excluding hydrogens is 240 g/mol. The van der Waals surface area contributed by atoms with Gasteiger partial charge in [-0.1, -0.05) is 26.2 Å². The molecule has 2 atom stereocenters. The molecule has 0 aliphatic heterocycles. The Balaban J connectivity index is 2.14. The summed E-state index contributed by atoms with van der Waals surface area (Å²) in [6, 6.07) is 0. The van der Waals surface area contributed by atoms with E-state index in [4.69, 9.17) is 10.6 Å². The molecule has 0 saturated heterocycles. The number of nitrogens with zero attached hydrogens (tertiary/aromatic N) is 1. The van der Waals surface area contributed by atoms with Crippen LogP contribution in [0.3, 0.4) is 0 Å². The summed E-state index contributed by atoms with van der Waals surface area (Å²) in [5.74, 6) is 7.91. The number of guanidine groups is 1. The topological polar surface area (TPSA) is 71.7 Å². The van der Waals surface area contributed by atoms with Crippen LogP contribution in [0.25, 0.3) is 0 Å². The number of methoxy groups -OCH3 is 1. The van der Waals surface area contributed by atoms with Crippen molar-refractivity contribution in [3.63, 3.8) is 0 Å². The Morgan fingerprint density at radius 3 is 2.95 bits per heavy atom. The molecule has 0 aromatic heterocycles. The monoisotopic (exact) mass is 270 g/mol. The maximum atomic E-state index is 5.45. The van der Waals surface area contributed by atoms with Crippen LogP contribution in [0, 0.1) is 11.8 Å². The minimum atomic E-state index is 0.694. The SMILES string of the molecule is COCCCN=C(NN)NCCC1CCCC(C)C1. The van der Waals surface area contributed by atoms with Gasteiger partial charge in [0.2, 0.25) is 5.96 Å². The highest BCUT2D eigenvalue weighted by molar-refractivity contribution is 5.79. The molecule has 0 amide bonds. The molecule has 2 unspecified atom stereocenters. The largest absolute Gasteiger partial charge is 0.385 e. The molecule has 0 bridgehead atoms. The number of aliphatic imine (C=N–C) groups is 1. The number of nitrogens with one attached hydrogen (secondary N) is 2. The van der Waals surface area contributed by atoms with E-state index in [0.29, 0.717) is 5.96 Å². The first kappa shape index (κ1) is 16.2. The van der Waals surface area contributed by atoms with Crippen molar-refractivity contribution in [2.45, 2.75) is 45.4 Å². The third-order valence-electron chi connectivity index (χ3n) is 3.80. The first-order valence-corrected chi connectivity index (χ1v) is 7.50. The molecule has 0 aromatic rings. The Hall–Kier alpha value is -0.810. The van der Waals surface area contributed by atoms with E-state index in [1.165, 1.54) is 32.1 Å². The molecule has 1 rings (SSSR count). The molecule has 0 spiro atoms. The van der Waals surface area contributed by atoms with Gasteiger partial charge in [0.1, 0.15) is 0 Å². The predicted molar refractivity (Wildman–Crippen MR) is 79.9 cm³/mol. The second kappa shape index (κ2) is 10.0. The fraction of sp³-hybridized carbons (Fsp3) is 0.929. The van der Waals surface area contributed by atoms with E-state index in [2.05, 4.69) is 22.7 Å². The molecule has 112 valence electrons. The number of ether oxygens (including phenoxy) is 1. The Morgan fingerprint density at radius 2 is 2.26 bits per heavy atom. The van der Waals surface area contributed by atoms with Gasteiger partial charge in [0.05, 0.1) is 0 Å². The number of hydrogen-bond donors (Lipinski definition) is 3. The van der Waals surface area contributed by atoms with Crippen LogP contribution in [-0.4, -0.2) is 32.8 Å². The molecule has 5 nitrogen and oxygen atoms in total. The van der Waals surface area contributed by atoms with E-state index in [-0.39, 0.29) is 0 Å². The first-order valence-electron chi connectivity index (χ1n) is 7.50. The second-order valence-corrected chi connectivity index (χ2v) is 5.57. The van der Waals surface area contributed by atoms with Crippen molar-refractivity contribution in [1.82, 2.24) is 10.7 Å². The number of rotatable bonds is 7. The van der Waals surface area contributed by atoms with Crippen LogP contribution in [0.5, 0.6) is 0 Å². The molecule has 0 radical (unpaired) electrons. The lowest BCUT2D eigenvalue weighted by atomic mass is 9.81. The number of nitrogens with two attached hydrogens (primary N) is 1. The molecule has 0 heterocycles. The molecular formula is C14H30N4O. The van der Waals surface area contributed by atoms with Gasteiger partial charge in [-0.2, -0.15) is 0 Å². The molecule has 4 N–H and O–H groups in total. The van der Waals surface area contributed by atoms with E-state index in [1.54, 1.807) is 7.11 Å². The molecule has 1 aliphatic carbocycles. The van der Waals surface area contributed by atoms with Crippen molar-refractivity contribution in [3.05, 3.63) is 0 Å². The lowest BCUT2D eigenvalue weighted by Crippen LogP contribution is -2.42. The summed E-state index contributed by atoms with van der Waals surface area (Å²) in [5.41, 5.74) is 2.62. The fourth-order valence-electron chi connectivity index (χ4n) is 2.77. The maximum absolute atomic E-state index is 5.45. The van der Waals surface area contributed by atoms with Gasteiger partial charge < -0.3 is 10.1 Å². The van der Waals surface area contributed by atoms with E-state index in [0.717, 1.165) is 38.0 Å². The molecule has 19 heavy (non-hydrogen) atoms. The van der Waals surface area contributed by atoms with Crippen molar-refractivity contribution < 1.29 is 4.74 Å². The third kappa shape index (κ3) is 7.38. The Morgan fingerprint density at radius 1 is 1.42 bits per heavy atom. The van der Waals surface area contributed by atoms with E-state index in [9.17, 15) is 0 Å². The minimum Gasteiger partial charge on any atom is -0.385 e. The quantitative estimate of drug-likeness (QED) is 0.216. The van der Waals surface area contributed by atoms with Crippen LogP contribution < -0.4 is 16.6 Å². The predicted octanol–water partition coefficient (Wildman–Crippen LogP) is 1.65. The van der Waals surface area contributed by atoms with Crippen LogP contribution in [0.15, 0.2) is 4.99 Å². The number of hydrogen-bond acceptors (Lipinski definition) is 3. The standard InChI is InChI=1S/C14H30N4O/c1-12-5-3-6-13(11-12)7-9-17-14(18-15)16-8-4-10-19-2/h12-13H,3-11,15H2,1-2H3,(H2,16,17,18). The third-order valence-corrected chi connectivity index (χ3v) is 3.80. The van der Waals surface area contributed by atoms with Gasteiger partial charge in [-0.05, 0) is 31.1 Å². The number of hydrazine groups is 1. The van der Waals surface area contributed by atoms with Crippen LogP contribution >= 0.6 is 0 Å². The van der Waals surface area contributed by atoms with Crippen LogP contribution in [0.1, 0.15) is 45.4 Å². The van der Waals surface area contributed by atoms with Crippen LogP contribution in [0.2, 0.25) is 0 Å². The van der Waals surface area contributed by atoms with E-state index >= 15 is 0 Å². The summed E-state index contributed by atoms with van der Waals surface area (Å²) < 4.78 is 4.99. The van der Waals surface area contributed by atoms with E-state index < -0.39 is 0 Å². The zero-order valence-electron chi connectivity index (χ0n) is 12.5. The van der Waals surface area contributed by atoms with Gasteiger partial charge in [-0.15, -0.1) is 0 Å². The lowest BCUT2D eigenvalue weighted by Gasteiger charge is -2.26. The fourth-order valence-corrected chi connectivity index (χ4v) is 2.77. The van der Waals surface area contributed by atoms with Gasteiger partial charge in [-0.25, -0.2) is 5.84 Å². The van der Waals surface area contributed by atoms with Gasteiger partial charge in [0.25, 0.3) is 0 Å². The Labute approximate surface area is 117 Å². The van der Waals surface area contributed by atoms with Crippen molar-refractivity contribution in [2.75, 3.05) is 26.8 Å². The summed E-state index contributed by atoms with van der Waals surface area (Å²) in [5, 5.41) is 3.28. The van der Waals surface area contributed by atoms with E-state index in [1.807, 2.05) is 0 Å². The summed E-state index contributed by atoms with van der Waals surface area (Å²) in [7, 11) is 1.70. The van der Waals surface area contributed by atoms with Crippen molar-refractivity contribution in [1.29, 1.82) is 0 Å². The minimum absolute atomic E-state index is 0.694. The second-order valence-electron chi connectivity index (χ2n) is 5.57. The van der Waals surface area contributed by atoms with Crippen LogP contribution in [0.4, 0.5) is 0 Å².